The number of nitrogens with one attached hydrogen (secondary N) is 2. The summed E-state index contributed by atoms with van der Waals surface area (Å²) in [5, 5.41) is 21.4. The fraction of sp³-hybridized carbons (Fsp3) is 0. The number of carbonyl (C=O) groups excluding carboxylic acids is 1. The van der Waals surface area contributed by atoms with Crippen LogP contribution in [0.3, 0.4) is 0 Å². The number of nitrogens with zero attached hydrogens (tertiary/aromatic N) is 3. The number of hydrazone groups is 1. The van der Waals surface area contributed by atoms with Gasteiger partial charge in [0.15, 0.2) is 5.69 Å². The number of fused-ring (bicyclic) bond motifs is 1. The number of aromatic nitrogens is 2. The zero-order chi connectivity index (χ0) is 21.1. The van der Waals surface area contributed by atoms with E-state index < -0.39 is 10.8 Å². The number of furan rings is 1. The van der Waals surface area contributed by atoms with Crippen molar-refractivity contribution in [3.63, 3.8) is 0 Å². The maximum absolute atomic E-state index is 12.4. The standard InChI is InChI=1S/C20H13N5O5/c26-19-16-4-2-1-3-15(16)18(22-24-19)20(27)23-21-11-14-9-10-17(30-14)12-5-7-13(8-6-12)25(28)29/h1-11H,(H,23,27)(H,24,26)/b21-11-. The van der Waals surface area contributed by atoms with E-state index in [9.17, 15) is 19.7 Å². The van der Waals surface area contributed by atoms with Gasteiger partial charge in [-0.3, -0.25) is 19.7 Å². The second-order valence-corrected chi connectivity index (χ2v) is 6.15. The van der Waals surface area contributed by atoms with E-state index in [0.29, 0.717) is 27.9 Å². The highest BCUT2D eigenvalue weighted by molar-refractivity contribution is 6.04. The molecule has 0 atom stereocenters. The number of hydrogen-bond acceptors (Lipinski definition) is 7. The Bertz CT molecular complexity index is 1340. The van der Waals surface area contributed by atoms with Crippen LogP contribution in [-0.4, -0.2) is 27.2 Å². The van der Waals surface area contributed by atoms with Crippen molar-refractivity contribution in [1.82, 2.24) is 15.6 Å². The van der Waals surface area contributed by atoms with Gasteiger partial charge in [0.1, 0.15) is 11.5 Å². The average Bonchev–Trinajstić information content (AvgIpc) is 3.23. The third-order valence-electron chi connectivity index (χ3n) is 4.26. The van der Waals surface area contributed by atoms with Gasteiger partial charge in [0.05, 0.1) is 16.5 Å². The molecule has 2 heterocycles. The van der Waals surface area contributed by atoms with E-state index in [4.69, 9.17) is 4.42 Å². The minimum atomic E-state index is -0.596. The fourth-order valence-corrected chi connectivity index (χ4v) is 2.82. The zero-order valence-corrected chi connectivity index (χ0v) is 15.2. The molecular weight excluding hydrogens is 390 g/mol. The fourth-order valence-electron chi connectivity index (χ4n) is 2.82. The van der Waals surface area contributed by atoms with Crippen LogP contribution in [0.4, 0.5) is 5.69 Å². The Kier molecular flexibility index (Phi) is 4.87. The number of hydrogen-bond donors (Lipinski definition) is 2. The summed E-state index contributed by atoms with van der Waals surface area (Å²) < 4.78 is 5.61. The number of H-pyrrole nitrogens is 1. The number of non-ortho nitro benzene ring substituents is 1. The van der Waals surface area contributed by atoms with Crippen LogP contribution in [0.15, 0.2) is 75.0 Å². The van der Waals surface area contributed by atoms with Gasteiger partial charge >= 0.3 is 0 Å². The molecule has 0 aliphatic rings. The van der Waals surface area contributed by atoms with Crippen LogP contribution in [0.1, 0.15) is 16.2 Å². The van der Waals surface area contributed by atoms with Gasteiger partial charge < -0.3 is 4.42 Å². The summed E-state index contributed by atoms with van der Waals surface area (Å²) in [5.74, 6) is 0.259. The third-order valence-corrected chi connectivity index (χ3v) is 4.26. The summed E-state index contributed by atoms with van der Waals surface area (Å²) in [4.78, 5) is 34.4. The normalized spacial score (nSPS) is 11.1. The van der Waals surface area contributed by atoms with Crippen molar-refractivity contribution in [3.8, 4) is 11.3 Å². The zero-order valence-electron chi connectivity index (χ0n) is 15.2. The molecule has 30 heavy (non-hydrogen) atoms. The molecule has 2 N–H and O–H groups in total. The molecule has 148 valence electrons. The lowest BCUT2D eigenvalue weighted by molar-refractivity contribution is -0.384. The summed E-state index contributed by atoms with van der Waals surface area (Å²) >= 11 is 0. The molecule has 10 nitrogen and oxygen atoms in total. The second kappa shape index (κ2) is 7.80. The Morgan fingerprint density at radius 1 is 1.10 bits per heavy atom. The first-order valence-electron chi connectivity index (χ1n) is 8.68. The molecule has 2 aromatic carbocycles. The Morgan fingerprint density at radius 3 is 2.57 bits per heavy atom. The highest BCUT2D eigenvalue weighted by atomic mass is 16.6. The van der Waals surface area contributed by atoms with Gasteiger partial charge in [-0.15, -0.1) is 0 Å². The molecule has 0 fully saturated rings. The first-order chi connectivity index (χ1) is 14.5. The van der Waals surface area contributed by atoms with Crippen LogP contribution < -0.4 is 11.0 Å². The van der Waals surface area contributed by atoms with Crippen molar-refractivity contribution in [3.05, 3.63) is 92.6 Å². The van der Waals surface area contributed by atoms with E-state index in [-0.39, 0.29) is 16.9 Å². The van der Waals surface area contributed by atoms with Crippen molar-refractivity contribution in [2.24, 2.45) is 5.10 Å². The summed E-state index contributed by atoms with van der Waals surface area (Å²) in [6.07, 6.45) is 1.31. The van der Waals surface area contributed by atoms with E-state index in [1.54, 1.807) is 48.5 Å². The summed E-state index contributed by atoms with van der Waals surface area (Å²) in [6.45, 7) is 0. The number of benzene rings is 2. The van der Waals surface area contributed by atoms with E-state index in [2.05, 4.69) is 20.7 Å². The first-order valence-corrected chi connectivity index (χ1v) is 8.68. The molecule has 0 aliphatic heterocycles. The summed E-state index contributed by atoms with van der Waals surface area (Å²) in [7, 11) is 0. The molecule has 0 spiro atoms. The van der Waals surface area contributed by atoms with Crippen molar-refractivity contribution < 1.29 is 14.1 Å². The molecule has 0 saturated carbocycles. The van der Waals surface area contributed by atoms with Crippen LogP contribution in [0, 0.1) is 10.1 Å². The predicted molar refractivity (Wildman–Crippen MR) is 108 cm³/mol. The van der Waals surface area contributed by atoms with Gasteiger partial charge in [-0.1, -0.05) is 18.2 Å². The highest BCUT2D eigenvalue weighted by Crippen LogP contribution is 2.24. The third kappa shape index (κ3) is 3.69. The van der Waals surface area contributed by atoms with Gasteiger partial charge in [-0.2, -0.15) is 10.2 Å². The molecule has 2 aromatic heterocycles. The van der Waals surface area contributed by atoms with Gasteiger partial charge in [0.2, 0.25) is 0 Å². The molecule has 0 aliphatic carbocycles. The van der Waals surface area contributed by atoms with E-state index in [0.717, 1.165) is 0 Å². The first kappa shape index (κ1) is 18.7. The average molecular weight is 403 g/mol. The molecule has 0 saturated heterocycles. The molecule has 0 bridgehead atoms. The predicted octanol–water partition coefficient (Wildman–Crippen LogP) is 2.86. The topological polar surface area (TPSA) is 143 Å². The monoisotopic (exact) mass is 403 g/mol. The molecule has 0 unspecified atom stereocenters. The number of amides is 1. The minimum absolute atomic E-state index is 0.0156. The molecule has 4 aromatic rings. The summed E-state index contributed by atoms with van der Waals surface area (Å²) in [5.41, 5.74) is 2.63. The molecule has 1 amide bonds. The molecule has 10 heteroatoms. The number of nitro groups is 1. The smallest absolute Gasteiger partial charge is 0.292 e. The Labute approximate surface area is 168 Å². The number of nitro benzene ring substituents is 1. The van der Waals surface area contributed by atoms with E-state index >= 15 is 0 Å². The molecule has 4 rings (SSSR count). The lowest BCUT2D eigenvalue weighted by Crippen LogP contribution is -2.22. The number of aromatic amines is 1. The van der Waals surface area contributed by atoms with Crippen molar-refractivity contribution >= 4 is 28.6 Å². The van der Waals surface area contributed by atoms with Crippen LogP contribution in [0.2, 0.25) is 0 Å². The van der Waals surface area contributed by atoms with Gasteiger partial charge in [-0.05, 0) is 30.3 Å². The maximum atomic E-state index is 12.4. The van der Waals surface area contributed by atoms with Crippen LogP contribution in [-0.2, 0) is 0 Å². The van der Waals surface area contributed by atoms with Gasteiger partial charge in [-0.25, -0.2) is 10.5 Å². The van der Waals surface area contributed by atoms with Crippen molar-refractivity contribution in [2.45, 2.75) is 0 Å². The Hall–Kier alpha value is -4.60. The van der Waals surface area contributed by atoms with E-state index in [1.807, 2.05) is 0 Å². The Balaban J connectivity index is 1.48. The number of rotatable bonds is 5. The van der Waals surface area contributed by atoms with E-state index in [1.165, 1.54) is 18.3 Å². The van der Waals surface area contributed by atoms with Crippen LogP contribution in [0.25, 0.3) is 22.1 Å². The largest absolute Gasteiger partial charge is 0.455 e. The van der Waals surface area contributed by atoms with Crippen molar-refractivity contribution in [2.75, 3.05) is 0 Å². The lowest BCUT2D eigenvalue weighted by atomic mass is 10.1. The SMILES string of the molecule is O=C(N/N=C\c1ccc(-c2ccc([N+](=O)[O-])cc2)o1)c1n[nH]c(=O)c2ccccc12. The van der Waals surface area contributed by atoms with Crippen molar-refractivity contribution in [1.29, 1.82) is 0 Å². The molecular formula is C20H13N5O5. The molecule has 0 radical (unpaired) electrons. The van der Waals surface area contributed by atoms with Crippen LogP contribution in [0.5, 0.6) is 0 Å². The highest BCUT2D eigenvalue weighted by Gasteiger charge is 2.13. The second-order valence-electron chi connectivity index (χ2n) is 6.15. The quantitative estimate of drug-likeness (QED) is 0.298. The minimum Gasteiger partial charge on any atom is -0.455 e. The van der Waals surface area contributed by atoms with Gasteiger partial charge in [0, 0.05) is 23.1 Å². The van der Waals surface area contributed by atoms with Gasteiger partial charge in [0.25, 0.3) is 17.2 Å². The lowest BCUT2D eigenvalue weighted by Gasteiger charge is -2.02. The summed E-state index contributed by atoms with van der Waals surface area (Å²) in [6, 6.07) is 15.8. The van der Waals surface area contributed by atoms with Crippen LogP contribution >= 0.6 is 0 Å². The maximum Gasteiger partial charge on any atom is 0.292 e. The Morgan fingerprint density at radius 2 is 1.83 bits per heavy atom. The number of carbonyl (C=O) groups is 1.